The van der Waals surface area contributed by atoms with Crippen molar-refractivity contribution in [2.75, 3.05) is 4.90 Å². The number of aryl methyl sites for hydroxylation is 1. The number of carbonyl (C=O) groups is 1. The summed E-state index contributed by atoms with van der Waals surface area (Å²) in [5, 5.41) is 17.6. The maximum Gasteiger partial charge on any atom is 0.417 e. The van der Waals surface area contributed by atoms with Crippen LogP contribution in [-0.2, 0) is 23.9 Å². The van der Waals surface area contributed by atoms with Crippen molar-refractivity contribution >= 4 is 28.9 Å². The van der Waals surface area contributed by atoms with Crippen molar-refractivity contribution in [2.45, 2.75) is 64.3 Å². The van der Waals surface area contributed by atoms with E-state index in [1.54, 1.807) is 29.5 Å². The number of aromatic nitrogens is 3. The van der Waals surface area contributed by atoms with E-state index in [2.05, 4.69) is 10.3 Å². The lowest BCUT2D eigenvalue weighted by Gasteiger charge is -2.29. The lowest BCUT2D eigenvalue weighted by molar-refractivity contribution is -0.137. The van der Waals surface area contributed by atoms with E-state index in [4.69, 9.17) is 23.2 Å². The number of hydrogen-bond acceptors (Lipinski definition) is 6. The normalized spacial score (nSPS) is 15.7. The monoisotopic (exact) mass is 555 g/mol. The molecule has 39 heavy (non-hydrogen) atoms. The Labute approximate surface area is 229 Å². The third-order valence-corrected chi connectivity index (χ3v) is 7.02. The molecule has 2 heterocycles. The van der Waals surface area contributed by atoms with Crippen LogP contribution in [0.25, 0.3) is 5.69 Å². The van der Waals surface area contributed by atoms with Crippen molar-refractivity contribution < 1.29 is 18.0 Å². The molecule has 0 saturated carbocycles. The minimum atomic E-state index is -4.76. The van der Waals surface area contributed by atoms with Crippen LogP contribution in [0.15, 0.2) is 48.7 Å². The number of nitrogens with zero attached hydrogens (tertiary/aromatic N) is 6. The van der Waals surface area contributed by atoms with Crippen LogP contribution in [0.1, 0.15) is 56.5 Å². The number of halogens is 3. The summed E-state index contributed by atoms with van der Waals surface area (Å²) in [6.45, 7) is 7.51. The van der Waals surface area contributed by atoms with Gasteiger partial charge in [0.1, 0.15) is 5.54 Å². The smallest absolute Gasteiger partial charge is 0.330 e. The van der Waals surface area contributed by atoms with E-state index in [0.717, 1.165) is 40.4 Å². The molecule has 8 nitrogen and oxygen atoms in total. The highest BCUT2D eigenvalue weighted by atomic mass is 32.1. The highest BCUT2D eigenvalue weighted by Gasteiger charge is 2.49. The summed E-state index contributed by atoms with van der Waals surface area (Å²) < 4.78 is 42.3. The van der Waals surface area contributed by atoms with Crippen LogP contribution >= 0.6 is 12.2 Å². The summed E-state index contributed by atoms with van der Waals surface area (Å²) in [6, 6.07) is 12.2. The predicted molar refractivity (Wildman–Crippen MR) is 144 cm³/mol. The molecule has 0 aliphatic carbocycles. The van der Waals surface area contributed by atoms with Gasteiger partial charge in [0, 0.05) is 12.1 Å². The molecule has 3 aromatic rings. The molecule has 1 aliphatic rings. The number of hydrogen-bond donors (Lipinski definition) is 1. The Morgan fingerprint density at radius 3 is 2.33 bits per heavy atom. The largest absolute Gasteiger partial charge is 0.417 e. The summed E-state index contributed by atoms with van der Waals surface area (Å²) in [5.74, 6) is -0.460. The molecule has 0 bridgehead atoms. The summed E-state index contributed by atoms with van der Waals surface area (Å²) >= 11 is 5.58. The zero-order chi connectivity index (χ0) is 28.8. The molecule has 2 aromatic carbocycles. The number of nitrogens with two attached hydrogens (primary N) is 1. The van der Waals surface area contributed by atoms with Crippen LogP contribution in [0, 0.1) is 11.3 Å². The Hall–Kier alpha value is -3.82. The number of amides is 1. The van der Waals surface area contributed by atoms with Gasteiger partial charge in [0.25, 0.3) is 5.91 Å². The fraction of sp³-hybridized carbons (Fsp3) is 0.370. The second-order valence-electron chi connectivity index (χ2n) is 10.7. The predicted octanol–water partition coefficient (Wildman–Crippen LogP) is 4.74. The van der Waals surface area contributed by atoms with E-state index in [0.29, 0.717) is 6.42 Å². The van der Waals surface area contributed by atoms with Crippen LogP contribution in [0.2, 0.25) is 0 Å². The van der Waals surface area contributed by atoms with Crippen LogP contribution in [0.4, 0.5) is 18.9 Å². The fourth-order valence-corrected chi connectivity index (χ4v) is 4.74. The molecule has 1 fully saturated rings. The van der Waals surface area contributed by atoms with Gasteiger partial charge in [0.05, 0.1) is 40.5 Å². The first-order valence-corrected chi connectivity index (χ1v) is 12.6. The van der Waals surface area contributed by atoms with E-state index in [1.165, 1.54) is 6.07 Å². The average molecular weight is 556 g/mol. The summed E-state index contributed by atoms with van der Waals surface area (Å²) in [6.07, 6.45) is -1.43. The molecule has 1 saturated heterocycles. The summed E-state index contributed by atoms with van der Waals surface area (Å²) in [5.41, 5.74) is 5.42. The van der Waals surface area contributed by atoms with Gasteiger partial charge in [0.15, 0.2) is 5.11 Å². The second kappa shape index (κ2) is 10.1. The first kappa shape index (κ1) is 28.2. The molecule has 0 unspecified atom stereocenters. The maximum atomic E-state index is 13.5. The second-order valence-corrected chi connectivity index (χ2v) is 11.1. The Bertz CT molecular complexity index is 1450. The molecule has 12 heteroatoms. The first-order chi connectivity index (χ1) is 18.1. The molecule has 1 aliphatic heterocycles. The molecular weight excluding hydrogens is 527 g/mol. The molecule has 1 aromatic heterocycles. The summed E-state index contributed by atoms with van der Waals surface area (Å²) in [4.78, 5) is 16.1. The van der Waals surface area contributed by atoms with Gasteiger partial charge in [-0.25, -0.2) is 4.68 Å². The first-order valence-electron chi connectivity index (χ1n) is 12.2. The van der Waals surface area contributed by atoms with Gasteiger partial charge in [-0.3, -0.25) is 9.69 Å². The van der Waals surface area contributed by atoms with Gasteiger partial charge in [0.2, 0.25) is 0 Å². The highest BCUT2D eigenvalue weighted by Crippen LogP contribution is 2.38. The van der Waals surface area contributed by atoms with Gasteiger partial charge < -0.3 is 10.6 Å². The van der Waals surface area contributed by atoms with Crippen LogP contribution in [0.3, 0.4) is 0 Å². The minimum Gasteiger partial charge on any atom is -0.330 e. The standard InChI is InChI=1S/C27H28F3N7OS/c1-25(2,32)12-11-19-16-36(34-33-19)20-8-5-17(6-9-20)15-35-24(39)37(23(38)26(35,3)4)21-10-7-18(14-31)22(13-21)27(28,29)30/h5-10,13,16H,11-12,15,32H2,1-4H3. The molecule has 2 N–H and O–H groups in total. The van der Waals surface area contributed by atoms with Crippen molar-refractivity contribution in [1.29, 1.82) is 5.26 Å². The molecule has 1 amide bonds. The number of nitriles is 1. The maximum absolute atomic E-state index is 13.5. The number of anilines is 1. The highest BCUT2D eigenvalue weighted by molar-refractivity contribution is 7.80. The van der Waals surface area contributed by atoms with Crippen molar-refractivity contribution in [3.63, 3.8) is 0 Å². The molecule has 0 spiro atoms. The Morgan fingerprint density at radius 2 is 1.74 bits per heavy atom. The third kappa shape index (κ3) is 5.79. The SMILES string of the molecule is CC(C)(N)CCc1cn(-c2ccc(CN3C(=S)N(c4ccc(C#N)c(C(F)(F)F)c4)C(=O)C3(C)C)cc2)nn1. The van der Waals surface area contributed by atoms with E-state index in [-0.39, 0.29) is 22.9 Å². The Kier molecular flexibility index (Phi) is 7.27. The van der Waals surface area contributed by atoms with E-state index in [9.17, 15) is 18.0 Å². The van der Waals surface area contributed by atoms with Gasteiger partial charge >= 0.3 is 6.18 Å². The van der Waals surface area contributed by atoms with Gasteiger partial charge in [-0.05, 0) is 88.6 Å². The van der Waals surface area contributed by atoms with Crippen molar-refractivity contribution in [3.05, 3.63) is 71.0 Å². The van der Waals surface area contributed by atoms with Crippen LogP contribution in [0.5, 0.6) is 0 Å². The topological polar surface area (TPSA) is 104 Å². The number of thiocarbonyl (C=S) groups is 1. The molecule has 0 atom stereocenters. The zero-order valence-electron chi connectivity index (χ0n) is 22.0. The number of benzene rings is 2. The average Bonchev–Trinajstić information content (AvgIpc) is 3.40. The van der Waals surface area contributed by atoms with E-state index in [1.807, 2.05) is 44.3 Å². The van der Waals surface area contributed by atoms with Gasteiger partial charge in [-0.15, -0.1) is 5.10 Å². The van der Waals surface area contributed by atoms with E-state index >= 15 is 0 Å². The number of rotatable bonds is 7. The lowest BCUT2D eigenvalue weighted by atomic mass is 9.99. The number of alkyl halides is 3. The van der Waals surface area contributed by atoms with Gasteiger partial charge in [-0.1, -0.05) is 17.3 Å². The van der Waals surface area contributed by atoms with Crippen molar-refractivity contribution in [2.24, 2.45) is 5.73 Å². The minimum absolute atomic E-state index is 0.0396. The van der Waals surface area contributed by atoms with Gasteiger partial charge in [-0.2, -0.15) is 18.4 Å². The fourth-order valence-electron chi connectivity index (χ4n) is 4.26. The quantitative estimate of drug-likeness (QED) is 0.420. The molecule has 4 rings (SSSR count). The summed E-state index contributed by atoms with van der Waals surface area (Å²) in [7, 11) is 0. The lowest BCUT2D eigenvalue weighted by Crippen LogP contribution is -2.43. The Morgan fingerprint density at radius 1 is 1.10 bits per heavy atom. The number of carbonyl (C=O) groups excluding carboxylic acids is 1. The zero-order valence-corrected chi connectivity index (χ0v) is 22.8. The molecule has 0 radical (unpaired) electrons. The van der Waals surface area contributed by atoms with Crippen LogP contribution in [-0.4, -0.2) is 42.0 Å². The van der Waals surface area contributed by atoms with Crippen molar-refractivity contribution in [1.82, 2.24) is 19.9 Å². The molecular formula is C27H28F3N7OS. The third-order valence-electron chi connectivity index (χ3n) is 6.62. The van der Waals surface area contributed by atoms with E-state index < -0.39 is 28.7 Å². The van der Waals surface area contributed by atoms with Crippen molar-refractivity contribution in [3.8, 4) is 11.8 Å². The Balaban J connectivity index is 1.54. The van der Waals surface area contributed by atoms with Crippen LogP contribution < -0.4 is 10.6 Å². The molecule has 204 valence electrons.